The molecule has 4 heteroatoms. The Kier molecular flexibility index (Phi) is 3.90. The topological polar surface area (TPSA) is 66.4 Å². The van der Waals surface area contributed by atoms with Gasteiger partial charge in [-0.15, -0.1) is 0 Å². The van der Waals surface area contributed by atoms with Gasteiger partial charge in [-0.3, -0.25) is 4.79 Å². The smallest absolute Gasteiger partial charge is 0.335 e. The summed E-state index contributed by atoms with van der Waals surface area (Å²) in [6.45, 7) is 2.13. The Morgan fingerprint density at radius 3 is 2.39 bits per heavy atom. The van der Waals surface area contributed by atoms with Crippen LogP contribution in [0.2, 0.25) is 0 Å². The normalized spacial score (nSPS) is 15.0. The van der Waals surface area contributed by atoms with Crippen LogP contribution >= 0.6 is 0 Å². The number of rotatable bonds is 5. The van der Waals surface area contributed by atoms with Crippen molar-refractivity contribution in [2.75, 3.05) is 5.32 Å². The maximum atomic E-state index is 12.1. The number of carboxylic acids is 1. The molecular weight excluding hydrogens is 290 g/mol. The molecule has 1 saturated carbocycles. The van der Waals surface area contributed by atoms with Gasteiger partial charge in [0, 0.05) is 12.1 Å². The van der Waals surface area contributed by atoms with Crippen LogP contribution in [0.5, 0.6) is 0 Å². The molecule has 2 aromatic carbocycles. The maximum Gasteiger partial charge on any atom is 0.335 e. The van der Waals surface area contributed by atoms with E-state index in [1.54, 1.807) is 18.2 Å². The molecule has 0 bridgehead atoms. The first-order valence-electron chi connectivity index (χ1n) is 7.69. The highest BCUT2D eigenvalue weighted by atomic mass is 16.4. The second kappa shape index (κ2) is 5.88. The summed E-state index contributed by atoms with van der Waals surface area (Å²) in [5.41, 5.74) is 2.85. The number of amides is 1. The lowest BCUT2D eigenvalue weighted by atomic mass is 10.0. The molecule has 1 aliphatic rings. The molecule has 3 rings (SSSR count). The summed E-state index contributed by atoms with van der Waals surface area (Å²) in [6.07, 6.45) is 2.77. The Morgan fingerprint density at radius 2 is 1.74 bits per heavy atom. The van der Waals surface area contributed by atoms with Crippen LogP contribution in [0.15, 0.2) is 48.5 Å². The van der Waals surface area contributed by atoms with Gasteiger partial charge >= 0.3 is 5.97 Å². The van der Waals surface area contributed by atoms with Crippen molar-refractivity contribution in [1.29, 1.82) is 0 Å². The number of benzene rings is 2. The Balaban J connectivity index is 1.78. The summed E-state index contributed by atoms with van der Waals surface area (Å²) in [4.78, 5) is 23.1. The number of carbonyl (C=O) groups is 2. The molecule has 0 unspecified atom stereocenters. The van der Waals surface area contributed by atoms with Gasteiger partial charge in [0.25, 0.3) is 0 Å². The largest absolute Gasteiger partial charge is 0.478 e. The first-order chi connectivity index (χ1) is 11.0. The number of hydrogen-bond donors (Lipinski definition) is 2. The lowest BCUT2D eigenvalue weighted by Gasteiger charge is -2.10. The SMILES string of the molecule is CC1(CC(=O)Nc2cccc(-c3cccc(C(=O)O)c3)c2)CC1. The molecular formula is C19H19NO3. The molecule has 2 N–H and O–H groups in total. The van der Waals surface area contributed by atoms with E-state index in [1.807, 2.05) is 30.3 Å². The highest BCUT2D eigenvalue weighted by Gasteiger charge is 2.39. The zero-order valence-corrected chi connectivity index (χ0v) is 13.0. The van der Waals surface area contributed by atoms with E-state index in [4.69, 9.17) is 5.11 Å². The van der Waals surface area contributed by atoms with Crippen molar-refractivity contribution in [2.24, 2.45) is 5.41 Å². The Bertz CT molecular complexity index is 763. The van der Waals surface area contributed by atoms with Crippen molar-refractivity contribution in [3.8, 4) is 11.1 Å². The van der Waals surface area contributed by atoms with Crippen LogP contribution < -0.4 is 5.32 Å². The summed E-state index contributed by atoms with van der Waals surface area (Å²) in [7, 11) is 0. The quantitative estimate of drug-likeness (QED) is 0.870. The molecule has 0 saturated heterocycles. The molecule has 1 aliphatic carbocycles. The second-order valence-electron chi connectivity index (χ2n) is 6.50. The minimum atomic E-state index is -0.950. The fourth-order valence-electron chi connectivity index (χ4n) is 2.59. The van der Waals surface area contributed by atoms with E-state index in [-0.39, 0.29) is 16.9 Å². The minimum absolute atomic E-state index is 0.0291. The predicted molar refractivity (Wildman–Crippen MR) is 89.4 cm³/mol. The van der Waals surface area contributed by atoms with Crippen molar-refractivity contribution in [3.05, 3.63) is 54.1 Å². The van der Waals surface area contributed by atoms with Gasteiger partial charge in [0.1, 0.15) is 0 Å². The van der Waals surface area contributed by atoms with Crippen LogP contribution in [0, 0.1) is 5.41 Å². The standard InChI is InChI=1S/C19H19NO3/c1-19(8-9-19)12-17(21)20-16-7-3-5-14(11-16)13-4-2-6-15(10-13)18(22)23/h2-7,10-11H,8-9,12H2,1H3,(H,20,21)(H,22,23). The van der Waals surface area contributed by atoms with E-state index in [9.17, 15) is 9.59 Å². The molecule has 4 nitrogen and oxygen atoms in total. The van der Waals surface area contributed by atoms with E-state index in [1.165, 1.54) is 0 Å². The highest BCUT2D eigenvalue weighted by molar-refractivity contribution is 5.92. The fourth-order valence-corrected chi connectivity index (χ4v) is 2.59. The second-order valence-corrected chi connectivity index (χ2v) is 6.50. The number of nitrogens with one attached hydrogen (secondary N) is 1. The van der Waals surface area contributed by atoms with E-state index in [0.29, 0.717) is 6.42 Å². The van der Waals surface area contributed by atoms with Gasteiger partial charge in [0.15, 0.2) is 0 Å². The molecule has 23 heavy (non-hydrogen) atoms. The van der Waals surface area contributed by atoms with Gasteiger partial charge in [0.05, 0.1) is 5.56 Å². The van der Waals surface area contributed by atoms with Gasteiger partial charge in [-0.05, 0) is 53.6 Å². The number of hydrogen-bond acceptors (Lipinski definition) is 2. The van der Waals surface area contributed by atoms with Crippen LogP contribution in [0.25, 0.3) is 11.1 Å². The van der Waals surface area contributed by atoms with Crippen molar-refractivity contribution in [1.82, 2.24) is 0 Å². The fraction of sp³-hybridized carbons (Fsp3) is 0.263. The van der Waals surface area contributed by atoms with Gasteiger partial charge < -0.3 is 10.4 Å². The van der Waals surface area contributed by atoms with E-state index < -0.39 is 5.97 Å². The average Bonchev–Trinajstić information content (AvgIpc) is 3.24. The predicted octanol–water partition coefficient (Wildman–Crippen LogP) is 4.18. The van der Waals surface area contributed by atoms with Crippen molar-refractivity contribution in [3.63, 3.8) is 0 Å². The highest BCUT2D eigenvalue weighted by Crippen LogP contribution is 2.48. The van der Waals surface area contributed by atoms with Crippen LogP contribution in [-0.4, -0.2) is 17.0 Å². The summed E-state index contributed by atoms with van der Waals surface area (Å²) in [5.74, 6) is -0.921. The number of carbonyl (C=O) groups excluding carboxylic acids is 1. The van der Waals surface area contributed by atoms with Crippen LogP contribution in [-0.2, 0) is 4.79 Å². The Hall–Kier alpha value is -2.62. The summed E-state index contributed by atoms with van der Waals surface area (Å²) < 4.78 is 0. The first kappa shape index (κ1) is 15.3. The maximum absolute atomic E-state index is 12.1. The summed E-state index contributed by atoms with van der Waals surface area (Å²) in [5, 5.41) is 12.0. The first-order valence-corrected chi connectivity index (χ1v) is 7.69. The number of anilines is 1. The molecule has 0 aromatic heterocycles. The summed E-state index contributed by atoms with van der Waals surface area (Å²) in [6, 6.07) is 14.3. The zero-order chi connectivity index (χ0) is 16.4. The molecule has 0 heterocycles. The van der Waals surface area contributed by atoms with Crippen molar-refractivity contribution < 1.29 is 14.7 Å². The molecule has 0 atom stereocenters. The minimum Gasteiger partial charge on any atom is -0.478 e. The van der Waals surface area contributed by atoms with E-state index in [2.05, 4.69) is 12.2 Å². The number of carboxylic acid groups (broad SMARTS) is 1. The third kappa shape index (κ3) is 3.77. The van der Waals surface area contributed by atoms with Crippen LogP contribution in [0.4, 0.5) is 5.69 Å². The van der Waals surface area contributed by atoms with Crippen molar-refractivity contribution in [2.45, 2.75) is 26.2 Å². The van der Waals surface area contributed by atoms with Crippen LogP contribution in [0.3, 0.4) is 0 Å². The molecule has 118 valence electrons. The average molecular weight is 309 g/mol. The lowest BCUT2D eigenvalue weighted by Crippen LogP contribution is -2.15. The van der Waals surface area contributed by atoms with E-state index in [0.717, 1.165) is 29.7 Å². The lowest BCUT2D eigenvalue weighted by molar-refractivity contribution is -0.117. The summed E-state index contributed by atoms with van der Waals surface area (Å²) >= 11 is 0. The molecule has 0 spiro atoms. The van der Waals surface area contributed by atoms with Gasteiger partial charge in [-0.25, -0.2) is 4.79 Å². The van der Waals surface area contributed by atoms with Crippen LogP contribution in [0.1, 0.15) is 36.5 Å². The third-order valence-electron chi connectivity index (χ3n) is 4.28. The molecule has 0 aliphatic heterocycles. The van der Waals surface area contributed by atoms with Gasteiger partial charge in [0.2, 0.25) is 5.91 Å². The monoisotopic (exact) mass is 309 g/mol. The number of aromatic carboxylic acids is 1. The molecule has 1 amide bonds. The Morgan fingerprint density at radius 1 is 1.09 bits per heavy atom. The zero-order valence-electron chi connectivity index (χ0n) is 13.0. The molecule has 2 aromatic rings. The van der Waals surface area contributed by atoms with Gasteiger partial charge in [-0.2, -0.15) is 0 Å². The van der Waals surface area contributed by atoms with E-state index >= 15 is 0 Å². The molecule has 0 radical (unpaired) electrons. The Labute approximate surface area is 135 Å². The van der Waals surface area contributed by atoms with Gasteiger partial charge in [-0.1, -0.05) is 31.2 Å². The third-order valence-corrected chi connectivity index (χ3v) is 4.28. The van der Waals surface area contributed by atoms with Crippen molar-refractivity contribution >= 4 is 17.6 Å². The molecule has 1 fully saturated rings.